The summed E-state index contributed by atoms with van der Waals surface area (Å²) in [5, 5.41) is 7.14. The van der Waals surface area contributed by atoms with Crippen molar-refractivity contribution in [1.29, 1.82) is 0 Å². The second-order valence-corrected chi connectivity index (χ2v) is 6.07. The average molecular weight is 355 g/mol. The van der Waals surface area contributed by atoms with E-state index in [1.165, 1.54) is 0 Å². The molecule has 0 radical (unpaired) electrons. The fourth-order valence-electron chi connectivity index (χ4n) is 2.54. The van der Waals surface area contributed by atoms with Crippen molar-refractivity contribution in [3.63, 3.8) is 0 Å². The molecule has 4 rings (SSSR count). The van der Waals surface area contributed by atoms with E-state index < -0.39 is 0 Å². The first kappa shape index (κ1) is 15.7. The predicted octanol–water partition coefficient (Wildman–Crippen LogP) is 1.31. The number of guanidine groups is 1. The van der Waals surface area contributed by atoms with Crippen molar-refractivity contribution in [3.8, 4) is 5.88 Å². The van der Waals surface area contributed by atoms with Crippen LogP contribution in [0.15, 0.2) is 48.5 Å². The molecule has 0 atom stereocenters. The van der Waals surface area contributed by atoms with Crippen LogP contribution in [0.25, 0.3) is 11.0 Å². The summed E-state index contributed by atoms with van der Waals surface area (Å²) in [6, 6.07) is 15.3. The molecular weight excluding hydrogens is 338 g/mol. The second kappa shape index (κ2) is 6.94. The fraction of sp³-hybridized carbons (Fsp3) is 0.167. The Morgan fingerprint density at radius 1 is 1.08 bits per heavy atom. The quantitative estimate of drug-likeness (QED) is 0.659. The number of hydrogen-bond acceptors (Lipinski definition) is 5. The molecule has 0 unspecified atom stereocenters. The van der Waals surface area contributed by atoms with Crippen LogP contribution in [0, 0.1) is 0 Å². The fourth-order valence-corrected chi connectivity index (χ4v) is 2.67. The number of nitrogens with one attached hydrogen (secondary N) is 3. The molecule has 0 saturated carbocycles. The highest BCUT2D eigenvalue weighted by atomic mass is 35.5. The lowest BCUT2D eigenvalue weighted by Gasteiger charge is -2.10. The molecule has 3 aromatic rings. The van der Waals surface area contributed by atoms with Gasteiger partial charge in [-0.2, -0.15) is 0 Å². The van der Waals surface area contributed by atoms with Crippen molar-refractivity contribution in [1.82, 2.24) is 15.3 Å². The molecule has 2 heterocycles. The van der Waals surface area contributed by atoms with Crippen molar-refractivity contribution in [2.45, 2.75) is 6.61 Å². The Labute approximate surface area is 149 Å². The van der Waals surface area contributed by atoms with Crippen molar-refractivity contribution < 1.29 is 9.73 Å². The first-order valence-electron chi connectivity index (χ1n) is 8.04. The molecule has 0 spiro atoms. The normalized spacial score (nSPS) is 13.4. The maximum absolute atomic E-state index is 5.93. The standard InChI is InChI=1S/C18H16ClN5O/c19-13-7-5-12(6-8-13)11-25-17-16(24-18-20-9-10-21-18)22-14-3-1-2-4-15(14)23-17/h1-8H,9-11H2,(H2,20,21,22,24)/p+1. The van der Waals surface area contributed by atoms with Crippen LogP contribution < -0.4 is 20.4 Å². The lowest BCUT2D eigenvalue weighted by molar-refractivity contribution is -0.444. The van der Waals surface area contributed by atoms with Crippen molar-refractivity contribution in [2.24, 2.45) is 0 Å². The Bertz CT molecular complexity index is 926. The van der Waals surface area contributed by atoms with Crippen LogP contribution in [-0.2, 0) is 6.61 Å². The average Bonchev–Trinajstić information content (AvgIpc) is 3.14. The van der Waals surface area contributed by atoms with Crippen LogP contribution in [0.2, 0.25) is 5.02 Å². The maximum Gasteiger partial charge on any atom is 0.349 e. The van der Waals surface area contributed by atoms with Gasteiger partial charge in [0.25, 0.3) is 11.7 Å². The number of benzene rings is 2. The zero-order chi connectivity index (χ0) is 17.1. The van der Waals surface area contributed by atoms with Gasteiger partial charge >= 0.3 is 5.96 Å². The van der Waals surface area contributed by atoms with E-state index in [1.807, 2.05) is 48.5 Å². The zero-order valence-electron chi connectivity index (χ0n) is 13.4. The number of rotatable bonds is 4. The third kappa shape index (κ3) is 3.64. The summed E-state index contributed by atoms with van der Waals surface area (Å²) in [4.78, 5) is 12.5. The van der Waals surface area contributed by atoms with Gasteiger partial charge in [0.15, 0.2) is 0 Å². The summed E-state index contributed by atoms with van der Waals surface area (Å²) >= 11 is 5.92. The molecule has 7 heteroatoms. The number of halogens is 1. The largest absolute Gasteiger partial charge is 0.469 e. The molecule has 0 fully saturated rings. The van der Waals surface area contributed by atoms with Crippen LogP contribution in [0.5, 0.6) is 5.88 Å². The van der Waals surface area contributed by atoms with Crippen LogP contribution in [0.1, 0.15) is 5.56 Å². The predicted molar refractivity (Wildman–Crippen MR) is 97.8 cm³/mol. The van der Waals surface area contributed by atoms with Crippen LogP contribution in [-0.4, -0.2) is 29.0 Å². The summed E-state index contributed by atoms with van der Waals surface area (Å²) in [6.45, 7) is 2.11. The SMILES string of the molecule is Clc1ccc(COc2nc3ccccc3nc2NC2=[NH+]CCN2)cc1. The van der Waals surface area contributed by atoms with E-state index in [0.29, 0.717) is 23.3 Å². The van der Waals surface area contributed by atoms with E-state index in [2.05, 4.69) is 25.6 Å². The molecule has 1 aromatic heterocycles. The van der Waals surface area contributed by atoms with Gasteiger partial charge < -0.3 is 4.74 Å². The van der Waals surface area contributed by atoms with E-state index in [1.54, 1.807) is 0 Å². The Balaban J connectivity index is 1.63. The molecule has 0 aliphatic carbocycles. The lowest BCUT2D eigenvalue weighted by Crippen LogP contribution is -2.72. The van der Waals surface area contributed by atoms with E-state index in [0.717, 1.165) is 35.6 Å². The van der Waals surface area contributed by atoms with Crippen molar-refractivity contribution in [2.75, 3.05) is 18.4 Å². The first-order chi connectivity index (χ1) is 12.3. The summed E-state index contributed by atoms with van der Waals surface area (Å²) in [6.07, 6.45) is 0. The minimum absolute atomic E-state index is 0.384. The monoisotopic (exact) mass is 354 g/mol. The van der Waals surface area contributed by atoms with Gasteiger partial charge in [-0.3, -0.25) is 10.3 Å². The smallest absolute Gasteiger partial charge is 0.349 e. The molecule has 3 N–H and O–H groups in total. The first-order valence-corrected chi connectivity index (χ1v) is 8.41. The third-order valence-electron chi connectivity index (χ3n) is 3.80. The molecule has 1 aliphatic heterocycles. The van der Waals surface area contributed by atoms with Gasteiger partial charge in [0.05, 0.1) is 24.1 Å². The molecule has 25 heavy (non-hydrogen) atoms. The van der Waals surface area contributed by atoms with Gasteiger partial charge in [-0.05, 0) is 29.8 Å². The zero-order valence-corrected chi connectivity index (χ0v) is 14.2. The van der Waals surface area contributed by atoms with Crippen molar-refractivity contribution >= 4 is 34.4 Å². The van der Waals surface area contributed by atoms with E-state index in [4.69, 9.17) is 16.3 Å². The minimum atomic E-state index is 0.384. The van der Waals surface area contributed by atoms with E-state index in [-0.39, 0.29) is 0 Å². The third-order valence-corrected chi connectivity index (χ3v) is 4.05. The van der Waals surface area contributed by atoms with E-state index >= 15 is 0 Å². The Morgan fingerprint density at radius 2 is 1.84 bits per heavy atom. The second-order valence-electron chi connectivity index (χ2n) is 5.63. The molecule has 0 saturated heterocycles. The van der Waals surface area contributed by atoms with Gasteiger partial charge in [-0.1, -0.05) is 35.9 Å². The van der Waals surface area contributed by atoms with Gasteiger partial charge in [0, 0.05) is 5.02 Å². The molecule has 6 nitrogen and oxygen atoms in total. The molecule has 126 valence electrons. The molecule has 0 amide bonds. The number of fused-ring (bicyclic) bond motifs is 1. The highest BCUT2D eigenvalue weighted by molar-refractivity contribution is 6.30. The highest BCUT2D eigenvalue weighted by Gasteiger charge is 2.19. The van der Waals surface area contributed by atoms with Crippen molar-refractivity contribution in [3.05, 3.63) is 59.1 Å². The number of nitrogens with zero attached hydrogens (tertiary/aromatic N) is 2. The van der Waals surface area contributed by atoms with Gasteiger partial charge in [-0.15, -0.1) is 0 Å². The highest BCUT2D eigenvalue weighted by Crippen LogP contribution is 2.24. The number of para-hydroxylation sites is 2. The van der Waals surface area contributed by atoms with Crippen LogP contribution in [0.4, 0.5) is 5.82 Å². The summed E-state index contributed by atoms with van der Waals surface area (Å²) < 4.78 is 5.93. The maximum atomic E-state index is 5.93. The summed E-state index contributed by atoms with van der Waals surface area (Å²) in [5.74, 6) is 1.84. The Hall–Kier alpha value is -2.86. The molecule has 2 aromatic carbocycles. The lowest BCUT2D eigenvalue weighted by atomic mass is 10.2. The molecule has 0 bridgehead atoms. The van der Waals surface area contributed by atoms with Gasteiger partial charge in [0.2, 0.25) is 0 Å². The number of anilines is 1. The molecular formula is C18H17ClN5O+. The van der Waals surface area contributed by atoms with Gasteiger partial charge in [0.1, 0.15) is 6.61 Å². The Morgan fingerprint density at radius 3 is 2.56 bits per heavy atom. The summed E-state index contributed by atoms with van der Waals surface area (Å²) in [7, 11) is 0. The number of aromatic nitrogens is 2. The minimum Gasteiger partial charge on any atom is -0.469 e. The molecule has 1 aliphatic rings. The van der Waals surface area contributed by atoms with E-state index in [9.17, 15) is 0 Å². The van der Waals surface area contributed by atoms with Crippen LogP contribution in [0.3, 0.4) is 0 Å². The van der Waals surface area contributed by atoms with Gasteiger partial charge in [-0.25, -0.2) is 15.3 Å². The topological polar surface area (TPSA) is 73.0 Å². The Kier molecular flexibility index (Phi) is 4.35. The van der Waals surface area contributed by atoms with Crippen LogP contribution >= 0.6 is 11.6 Å². The number of ether oxygens (including phenoxy) is 1. The number of hydrogen-bond donors (Lipinski definition) is 3. The summed E-state index contributed by atoms with van der Waals surface area (Å²) in [5.41, 5.74) is 2.61.